The first-order valence-electron chi connectivity index (χ1n) is 7.59. The topological polar surface area (TPSA) is 85.4 Å². The first-order chi connectivity index (χ1) is 11.8. The number of hydrogen-bond donors (Lipinski definition) is 1. The molecule has 0 aliphatic carbocycles. The predicted octanol–water partition coefficient (Wildman–Crippen LogP) is 2.91. The molecule has 3 rings (SSSR count). The zero-order valence-electron chi connectivity index (χ0n) is 13.2. The van der Waals surface area contributed by atoms with Crippen LogP contribution in [0.2, 0.25) is 0 Å². The number of phenols is 1. The van der Waals surface area contributed by atoms with Crippen molar-refractivity contribution in [2.24, 2.45) is 4.99 Å². The van der Waals surface area contributed by atoms with E-state index in [1.54, 1.807) is 23.0 Å². The minimum Gasteiger partial charge on any atom is -0.507 e. The van der Waals surface area contributed by atoms with Crippen molar-refractivity contribution in [1.29, 1.82) is 0 Å². The fourth-order valence-corrected chi connectivity index (χ4v) is 2.06. The molecule has 3 aromatic rings. The highest BCUT2D eigenvalue weighted by molar-refractivity contribution is 5.85. The van der Waals surface area contributed by atoms with Gasteiger partial charge in [0.05, 0.1) is 18.0 Å². The molecule has 7 nitrogen and oxygen atoms in total. The van der Waals surface area contributed by atoms with Gasteiger partial charge in [-0.25, -0.2) is 4.68 Å². The maximum Gasteiger partial charge on any atom is 0.143 e. The number of aromatic hydroxyl groups is 1. The van der Waals surface area contributed by atoms with Crippen molar-refractivity contribution < 1.29 is 9.84 Å². The lowest BCUT2D eigenvalue weighted by molar-refractivity contribution is 0.315. The first kappa shape index (κ1) is 15.7. The van der Waals surface area contributed by atoms with Crippen LogP contribution in [0.1, 0.15) is 18.9 Å². The Kier molecular flexibility index (Phi) is 4.81. The molecule has 0 amide bonds. The third-order valence-electron chi connectivity index (χ3n) is 3.29. The number of tetrazole rings is 1. The van der Waals surface area contributed by atoms with Crippen LogP contribution < -0.4 is 4.74 Å². The van der Waals surface area contributed by atoms with E-state index in [4.69, 9.17) is 4.74 Å². The van der Waals surface area contributed by atoms with Crippen molar-refractivity contribution in [2.45, 2.75) is 13.3 Å². The number of ether oxygens (including phenoxy) is 1. The van der Waals surface area contributed by atoms with E-state index < -0.39 is 0 Å². The Morgan fingerprint density at radius 2 is 2.04 bits per heavy atom. The highest BCUT2D eigenvalue weighted by Gasteiger charge is 2.02. The molecule has 122 valence electrons. The quantitative estimate of drug-likeness (QED) is 0.705. The molecule has 0 atom stereocenters. The van der Waals surface area contributed by atoms with E-state index in [1.165, 1.54) is 6.33 Å². The van der Waals surface area contributed by atoms with Gasteiger partial charge in [0.2, 0.25) is 0 Å². The molecule has 0 aliphatic heterocycles. The average molecular weight is 323 g/mol. The van der Waals surface area contributed by atoms with Gasteiger partial charge in [0.15, 0.2) is 0 Å². The Balaban J connectivity index is 1.71. The van der Waals surface area contributed by atoms with Crippen LogP contribution in [0.15, 0.2) is 53.8 Å². The summed E-state index contributed by atoms with van der Waals surface area (Å²) >= 11 is 0. The fraction of sp³-hybridized carbons (Fsp3) is 0.176. The van der Waals surface area contributed by atoms with Gasteiger partial charge in [-0.2, -0.15) is 0 Å². The molecule has 0 fully saturated rings. The van der Waals surface area contributed by atoms with E-state index in [0.717, 1.165) is 17.8 Å². The average Bonchev–Trinajstić information content (AvgIpc) is 3.14. The van der Waals surface area contributed by atoms with Crippen LogP contribution in [-0.4, -0.2) is 38.1 Å². The monoisotopic (exact) mass is 323 g/mol. The van der Waals surface area contributed by atoms with E-state index in [-0.39, 0.29) is 5.75 Å². The largest absolute Gasteiger partial charge is 0.507 e. The highest BCUT2D eigenvalue weighted by atomic mass is 16.5. The van der Waals surface area contributed by atoms with Crippen molar-refractivity contribution in [1.82, 2.24) is 20.2 Å². The molecule has 24 heavy (non-hydrogen) atoms. The van der Waals surface area contributed by atoms with Gasteiger partial charge in [-0.05, 0) is 53.2 Å². The van der Waals surface area contributed by atoms with E-state index in [9.17, 15) is 5.11 Å². The molecule has 2 aromatic carbocycles. The molecule has 0 saturated heterocycles. The second-order valence-electron chi connectivity index (χ2n) is 5.10. The van der Waals surface area contributed by atoms with Gasteiger partial charge in [-0.15, -0.1) is 5.10 Å². The molecular formula is C17H17N5O2. The minimum atomic E-state index is 0.137. The standard InChI is InChI=1S/C17H17N5O2/c1-2-9-24-16-8-3-13(17(23)10-16)11-18-14-4-6-15(7-5-14)22-12-19-20-21-22/h3-8,10-12,23H,2,9H2,1H3. The molecule has 0 unspecified atom stereocenters. The van der Waals surface area contributed by atoms with Crippen LogP contribution in [0.25, 0.3) is 5.69 Å². The van der Waals surface area contributed by atoms with Crippen LogP contribution in [0.5, 0.6) is 11.5 Å². The molecule has 1 heterocycles. The number of hydrogen-bond acceptors (Lipinski definition) is 6. The van der Waals surface area contributed by atoms with E-state index in [2.05, 4.69) is 20.5 Å². The Morgan fingerprint density at radius 3 is 2.71 bits per heavy atom. The number of rotatable bonds is 6. The summed E-state index contributed by atoms with van der Waals surface area (Å²) in [5.74, 6) is 0.787. The predicted molar refractivity (Wildman–Crippen MR) is 90.3 cm³/mol. The molecular weight excluding hydrogens is 306 g/mol. The lowest BCUT2D eigenvalue weighted by Crippen LogP contribution is -1.95. The van der Waals surface area contributed by atoms with E-state index in [1.807, 2.05) is 37.3 Å². The first-order valence-corrected chi connectivity index (χ1v) is 7.59. The van der Waals surface area contributed by atoms with Gasteiger partial charge in [-0.1, -0.05) is 6.92 Å². The molecule has 0 saturated carbocycles. The van der Waals surface area contributed by atoms with Crippen LogP contribution in [-0.2, 0) is 0 Å². The lowest BCUT2D eigenvalue weighted by Gasteiger charge is -2.06. The van der Waals surface area contributed by atoms with E-state index >= 15 is 0 Å². The maximum absolute atomic E-state index is 10.0. The maximum atomic E-state index is 10.0. The molecule has 0 bridgehead atoms. The number of aliphatic imine (C=N–C) groups is 1. The number of aromatic nitrogens is 4. The SMILES string of the molecule is CCCOc1ccc(C=Nc2ccc(-n3cnnn3)cc2)c(O)c1. The zero-order valence-corrected chi connectivity index (χ0v) is 13.2. The summed E-state index contributed by atoms with van der Waals surface area (Å²) in [4.78, 5) is 4.36. The zero-order chi connectivity index (χ0) is 16.8. The van der Waals surface area contributed by atoms with Crippen LogP contribution in [0, 0.1) is 0 Å². The Labute approximate surface area is 139 Å². The number of benzene rings is 2. The molecule has 0 spiro atoms. The van der Waals surface area contributed by atoms with E-state index in [0.29, 0.717) is 17.9 Å². The minimum absolute atomic E-state index is 0.137. The van der Waals surface area contributed by atoms with Crippen LogP contribution in [0.4, 0.5) is 5.69 Å². The van der Waals surface area contributed by atoms with Gasteiger partial charge >= 0.3 is 0 Å². The highest BCUT2D eigenvalue weighted by Crippen LogP contribution is 2.23. The van der Waals surface area contributed by atoms with Crippen molar-refractivity contribution in [3.63, 3.8) is 0 Å². The molecule has 0 radical (unpaired) electrons. The molecule has 1 N–H and O–H groups in total. The number of nitrogens with zero attached hydrogens (tertiary/aromatic N) is 5. The summed E-state index contributed by atoms with van der Waals surface area (Å²) in [6, 6.07) is 12.6. The van der Waals surface area contributed by atoms with Gasteiger partial charge < -0.3 is 9.84 Å². The third kappa shape index (κ3) is 3.75. The van der Waals surface area contributed by atoms with Gasteiger partial charge in [0, 0.05) is 17.8 Å². The second-order valence-corrected chi connectivity index (χ2v) is 5.10. The van der Waals surface area contributed by atoms with Crippen molar-refractivity contribution in [2.75, 3.05) is 6.61 Å². The summed E-state index contributed by atoms with van der Waals surface area (Å²) in [5.41, 5.74) is 2.24. The van der Waals surface area contributed by atoms with Crippen LogP contribution in [0.3, 0.4) is 0 Å². The summed E-state index contributed by atoms with van der Waals surface area (Å²) in [6.07, 6.45) is 4.06. The summed E-state index contributed by atoms with van der Waals surface area (Å²) in [6.45, 7) is 2.66. The van der Waals surface area contributed by atoms with Crippen molar-refractivity contribution in [3.05, 3.63) is 54.4 Å². The van der Waals surface area contributed by atoms with Gasteiger partial charge in [0.1, 0.15) is 17.8 Å². The van der Waals surface area contributed by atoms with Crippen molar-refractivity contribution >= 4 is 11.9 Å². The molecule has 7 heteroatoms. The fourth-order valence-electron chi connectivity index (χ4n) is 2.06. The number of phenolic OH excluding ortho intramolecular Hbond substituents is 1. The molecule has 0 aliphatic rings. The lowest BCUT2D eigenvalue weighted by atomic mass is 10.2. The van der Waals surface area contributed by atoms with Gasteiger partial charge in [0.25, 0.3) is 0 Å². The van der Waals surface area contributed by atoms with Crippen LogP contribution >= 0.6 is 0 Å². The normalized spacial score (nSPS) is 11.0. The third-order valence-corrected chi connectivity index (χ3v) is 3.29. The Hall–Kier alpha value is -3.22. The summed E-state index contributed by atoms with van der Waals surface area (Å²) in [5, 5.41) is 21.1. The second kappa shape index (κ2) is 7.36. The Morgan fingerprint density at radius 1 is 1.21 bits per heavy atom. The molecule has 1 aromatic heterocycles. The Bertz CT molecular complexity index is 814. The smallest absolute Gasteiger partial charge is 0.143 e. The summed E-state index contributed by atoms with van der Waals surface area (Å²) < 4.78 is 7.04. The van der Waals surface area contributed by atoms with Crippen molar-refractivity contribution in [3.8, 4) is 17.2 Å². The van der Waals surface area contributed by atoms with Gasteiger partial charge in [-0.3, -0.25) is 4.99 Å². The summed E-state index contributed by atoms with van der Waals surface area (Å²) in [7, 11) is 0.